The molecule has 1 atom stereocenters. The molecule has 0 bridgehead atoms. The maximum absolute atomic E-state index is 11.8. The fourth-order valence-corrected chi connectivity index (χ4v) is 2.16. The fraction of sp³-hybridized carbons (Fsp3) is 0.375. The summed E-state index contributed by atoms with van der Waals surface area (Å²) in [6, 6.07) is 9.20. The number of nitrogens with zero attached hydrogens (tertiary/aromatic N) is 2. The predicted octanol–water partition coefficient (Wildman–Crippen LogP) is 2.00. The van der Waals surface area contributed by atoms with Crippen LogP contribution in [0.4, 0.5) is 4.79 Å². The zero-order chi connectivity index (χ0) is 15.9. The standard InChI is InChI=1S/C16H22N4O2/c1-12(2)20-9-8-17-15(20)11-19-16(22)18-10-14(21)13-6-4-3-5-7-13/h3-9,12,14,21H,10-11H2,1-2H3,(H2,18,19,22)/t14-/m0/s1. The summed E-state index contributed by atoms with van der Waals surface area (Å²) in [5.74, 6) is 0.800. The monoisotopic (exact) mass is 302 g/mol. The minimum Gasteiger partial charge on any atom is -0.387 e. The van der Waals surface area contributed by atoms with E-state index in [9.17, 15) is 9.90 Å². The van der Waals surface area contributed by atoms with Crippen LogP contribution in [0.5, 0.6) is 0 Å². The quantitative estimate of drug-likeness (QED) is 0.763. The number of rotatable bonds is 6. The van der Waals surface area contributed by atoms with Crippen molar-refractivity contribution < 1.29 is 9.90 Å². The minimum absolute atomic E-state index is 0.161. The van der Waals surface area contributed by atoms with Crippen LogP contribution in [0, 0.1) is 0 Å². The van der Waals surface area contributed by atoms with Gasteiger partial charge in [-0.05, 0) is 19.4 Å². The average molecular weight is 302 g/mol. The van der Waals surface area contributed by atoms with Crippen molar-refractivity contribution in [2.75, 3.05) is 6.54 Å². The van der Waals surface area contributed by atoms with Crippen molar-refractivity contribution in [1.82, 2.24) is 20.2 Å². The first-order valence-electron chi connectivity index (χ1n) is 7.34. The molecule has 0 aliphatic heterocycles. The Bertz CT molecular complexity index is 595. The third kappa shape index (κ3) is 4.33. The molecular weight excluding hydrogens is 280 g/mol. The zero-order valence-electron chi connectivity index (χ0n) is 12.9. The Balaban J connectivity index is 1.77. The van der Waals surface area contributed by atoms with E-state index in [1.807, 2.05) is 41.1 Å². The van der Waals surface area contributed by atoms with Gasteiger partial charge in [0.05, 0.1) is 12.6 Å². The summed E-state index contributed by atoms with van der Waals surface area (Å²) < 4.78 is 2.00. The molecule has 0 saturated heterocycles. The van der Waals surface area contributed by atoms with Crippen molar-refractivity contribution in [3.05, 3.63) is 54.1 Å². The summed E-state index contributed by atoms with van der Waals surface area (Å²) >= 11 is 0. The van der Waals surface area contributed by atoms with Gasteiger partial charge < -0.3 is 20.3 Å². The number of benzene rings is 1. The van der Waals surface area contributed by atoms with E-state index in [4.69, 9.17) is 0 Å². The number of nitrogens with one attached hydrogen (secondary N) is 2. The van der Waals surface area contributed by atoms with Crippen LogP contribution in [0.15, 0.2) is 42.7 Å². The van der Waals surface area contributed by atoms with Gasteiger partial charge in [-0.3, -0.25) is 0 Å². The molecule has 2 rings (SSSR count). The number of hydrogen-bond acceptors (Lipinski definition) is 3. The number of carbonyl (C=O) groups is 1. The summed E-state index contributed by atoms with van der Waals surface area (Å²) in [5.41, 5.74) is 0.776. The molecule has 1 heterocycles. The maximum atomic E-state index is 11.8. The van der Waals surface area contributed by atoms with Gasteiger partial charge in [-0.1, -0.05) is 30.3 Å². The zero-order valence-corrected chi connectivity index (χ0v) is 12.9. The first kappa shape index (κ1) is 16.0. The van der Waals surface area contributed by atoms with E-state index < -0.39 is 6.10 Å². The largest absolute Gasteiger partial charge is 0.387 e. The molecule has 0 aliphatic carbocycles. The van der Waals surface area contributed by atoms with Crippen molar-refractivity contribution in [2.45, 2.75) is 32.5 Å². The van der Waals surface area contributed by atoms with Crippen LogP contribution in [0.25, 0.3) is 0 Å². The second kappa shape index (κ2) is 7.61. The van der Waals surface area contributed by atoms with Gasteiger partial charge in [-0.15, -0.1) is 0 Å². The van der Waals surface area contributed by atoms with Crippen LogP contribution in [-0.2, 0) is 6.54 Å². The van der Waals surface area contributed by atoms with Crippen LogP contribution >= 0.6 is 0 Å². The van der Waals surface area contributed by atoms with Crippen LogP contribution in [0.1, 0.15) is 37.4 Å². The molecule has 0 fully saturated rings. The van der Waals surface area contributed by atoms with Gasteiger partial charge in [0, 0.05) is 25.0 Å². The molecule has 1 aromatic carbocycles. The fourth-order valence-electron chi connectivity index (χ4n) is 2.16. The van der Waals surface area contributed by atoms with Crippen LogP contribution in [0.2, 0.25) is 0 Å². The van der Waals surface area contributed by atoms with Gasteiger partial charge in [-0.2, -0.15) is 0 Å². The van der Waals surface area contributed by atoms with Crippen molar-refractivity contribution in [1.29, 1.82) is 0 Å². The molecule has 1 aromatic heterocycles. The lowest BCUT2D eigenvalue weighted by molar-refractivity contribution is 0.173. The summed E-state index contributed by atoms with van der Waals surface area (Å²) in [7, 11) is 0. The Hall–Kier alpha value is -2.34. The van der Waals surface area contributed by atoms with Gasteiger partial charge in [-0.25, -0.2) is 9.78 Å². The Labute approximate surface area is 130 Å². The molecular formula is C16H22N4O2. The minimum atomic E-state index is -0.718. The van der Waals surface area contributed by atoms with E-state index in [0.717, 1.165) is 11.4 Å². The molecule has 2 amide bonds. The van der Waals surface area contributed by atoms with Gasteiger partial charge in [0.15, 0.2) is 0 Å². The number of urea groups is 1. The number of carbonyl (C=O) groups excluding carboxylic acids is 1. The first-order chi connectivity index (χ1) is 10.6. The van der Waals surface area contributed by atoms with Crippen LogP contribution in [0.3, 0.4) is 0 Å². The number of amides is 2. The average Bonchev–Trinajstić information content (AvgIpc) is 3.00. The molecule has 0 radical (unpaired) electrons. The van der Waals surface area contributed by atoms with E-state index in [-0.39, 0.29) is 12.6 Å². The molecule has 0 unspecified atom stereocenters. The lowest BCUT2D eigenvalue weighted by Gasteiger charge is -2.14. The Kier molecular flexibility index (Phi) is 5.55. The van der Waals surface area contributed by atoms with Crippen LogP contribution in [-0.4, -0.2) is 27.2 Å². The topological polar surface area (TPSA) is 79.2 Å². The highest BCUT2D eigenvalue weighted by Gasteiger charge is 2.10. The lowest BCUT2D eigenvalue weighted by Crippen LogP contribution is -2.38. The molecule has 2 aromatic rings. The molecule has 0 spiro atoms. The Morgan fingerprint density at radius 2 is 2.00 bits per heavy atom. The normalized spacial score (nSPS) is 12.2. The van der Waals surface area contributed by atoms with Gasteiger partial charge in [0.25, 0.3) is 0 Å². The van der Waals surface area contributed by atoms with Crippen molar-refractivity contribution in [3.63, 3.8) is 0 Å². The number of aliphatic hydroxyl groups excluding tert-OH is 1. The molecule has 3 N–H and O–H groups in total. The molecule has 22 heavy (non-hydrogen) atoms. The third-order valence-corrected chi connectivity index (χ3v) is 3.35. The molecule has 118 valence electrons. The summed E-state index contributed by atoms with van der Waals surface area (Å²) in [6.07, 6.45) is 2.89. The van der Waals surface area contributed by atoms with Gasteiger partial charge >= 0.3 is 6.03 Å². The number of imidazole rings is 1. The Morgan fingerprint density at radius 1 is 1.27 bits per heavy atom. The van der Waals surface area contributed by atoms with E-state index in [1.54, 1.807) is 6.20 Å². The summed E-state index contributed by atoms with van der Waals surface area (Å²) in [4.78, 5) is 16.0. The number of aromatic nitrogens is 2. The van der Waals surface area contributed by atoms with E-state index in [1.165, 1.54) is 0 Å². The maximum Gasteiger partial charge on any atom is 0.315 e. The van der Waals surface area contributed by atoms with Crippen LogP contribution < -0.4 is 10.6 Å². The summed E-state index contributed by atoms with van der Waals surface area (Å²) in [5, 5.41) is 15.4. The number of aliphatic hydroxyl groups is 1. The molecule has 0 saturated carbocycles. The highest BCUT2D eigenvalue weighted by Crippen LogP contribution is 2.10. The highest BCUT2D eigenvalue weighted by atomic mass is 16.3. The smallest absolute Gasteiger partial charge is 0.315 e. The van der Waals surface area contributed by atoms with Crippen molar-refractivity contribution in [2.24, 2.45) is 0 Å². The molecule has 6 heteroatoms. The highest BCUT2D eigenvalue weighted by molar-refractivity contribution is 5.73. The SMILES string of the molecule is CC(C)n1ccnc1CNC(=O)NC[C@H](O)c1ccccc1. The van der Waals surface area contributed by atoms with Gasteiger partial charge in [0.2, 0.25) is 0 Å². The van der Waals surface area contributed by atoms with E-state index >= 15 is 0 Å². The van der Waals surface area contributed by atoms with Crippen molar-refractivity contribution in [3.8, 4) is 0 Å². The predicted molar refractivity (Wildman–Crippen MR) is 84.3 cm³/mol. The first-order valence-corrected chi connectivity index (χ1v) is 7.34. The van der Waals surface area contributed by atoms with E-state index in [0.29, 0.717) is 12.6 Å². The van der Waals surface area contributed by atoms with Gasteiger partial charge in [0.1, 0.15) is 5.82 Å². The lowest BCUT2D eigenvalue weighted by atomic mass is 10.1. The summed E-state index contributed by atoms with van der Waals surface area (Å²) in [6.45, 7) is 4.62. The molecule has 0 aliphatic rings. The van der Waals surface area contributed by atoms with E-state index in [2.05, 4.69) is 29.5 Å². The third-order valence-electron chi connectivity index (χ3n) is 3.35. The second-order valence-electron chi connectivity index (χ2n) is 5.33. The Morgan fingerprint density at radius 3 is 2.68 bits per heavy atom. The van der Waals surface area contributed by atoms with Crippen molar-refractivity contribution >= 4 is 6.03 Å². The number of hydrogen-bond donors (Lipinski definition) is 3. The molecule has 6 nitrogen and oxygen atoms in total. The second-order valence-corrected chi connectivity index (χ2v) is 5.33.